The predicted molar refractivity (Wildman–Crippen MR) is 102 cm³/mol. The van der Waals surface area contributed by atoms with E-state index in [0.29, 0.717) is 18.7 Å². The Bertz CT molecular complexity index is 1100. The van der Waals surface area contributed by atoms with Gasteiger partial charge in [0.25, 0.3) is 5.91 Å². The van der Waals surface area contributed by atoms with Crippen LogP contribution in [0.15, 0.2) is 46.9 Å². The molecule has 5 nitrogen and oxygen atoms in total. The standard InChI is InChI=1S/C20H17ClF3N3O2/c1-2-12-3-6-26(7-4-12)19(28)16-17(21)27-10-14(13-5-8-29-11-13)9-15(18(27)25-16)20(22,23)24/h3,5,8-11H,2,4,6-7H2,1H3. The number of halogens is 4. The first-order chi connectivity index (χ1) is 13.8. The maximum atomic E-state index is 13.7. The van der Waals surface area contributed by atoms with E-state index in [-0.39, 0.29) is 16.4 Å². The normalized spacial score (nSPS) is 15.1. The molecule has 0 unspecified atom stereocenters. The molecule has 0 atom stereocenters. The molecule has 0 saturated heterocycles. The lowest BCUT2D eigenvalue weighted by molar-refractivity contribution is -0.136. The number of hydrogen-bond donors (Lipinski definition) is 0. The average Bonchev–Trinajstić information content (AvgIpc) is 3.35. The lowest BCUT2D eigenvalue weighted by atomic mass is 10.1. The number of pyridine rings is 1. The third-order valence-corrected chi connectivity index (χ3v) is 5.43. The summed E-state index contributed by atoms with van der Waals surface area (Å²) in [6.07, 6.45) is 3.06. The summed E-state index contributed by atoms with van der Waals surface area (Å²) in [5.41, 5.74) is 0.409. The summed E-state index contributed by atoms with van der Waals surface area (Å²) >= 11 is 6.33. The molecule has 0 fully saturated rings. The molecule has 3 aromatic rings. The van der Waals surface area contributed by atoms with Gasteiger partial charge >= 0.3 is 6.18 Å². The first kappa shape index (κ1) is 19.6. The second-order valence-electron chi connectivity index (χ2n) is 6.81. The molecule has 0 N–H and O–H groups in total. The van der Waals surface area contributed by atoms with E-state index in [1.54, 1.807) is 6.07 Å². The zero-order valence-electron chi connectivity index (χ0n) is 15.5. The molecule has 0 aromatic carbocycles. The molecule has 0 radical (unpaired) electrons. The Morgan fingerprint density at radius 2 is 2.14 bits per heavy atom. The lowest BCUT2D eigenvalue weighted by Gasteiger charge is -2.25. The molecule has 1 amide bonds. The van der Waals surface area contributed by atoms with Crippen molar-refractivity contribution < 1.29 is 22.4 Å². The number of imidazole rings is 1. The Kier molecular flexibility index (Phi) is 4.90. The van der Waals surface area contributed by atoms with Crippen molar-refractivity contribution in [3.05, 3.63) is 58.9 Å². The molecule has 1 aliphatic heterocycles. The van der Waals surface area contributed by atoms with Gasteiger partial charge in [0.15, 0.2) is 11.3 Å². The molecular formula is C20H17ClF3N3O2. The molecular weight excluding hydrogens is 407 g/mol. The quantitative estimate of drug-likeness (QED) is 0.526. The van der Waals surface area contributed by atoms with Crippen molar-refractivity contribution in [3.63, 3.8) is 0 Å². The van der Waals surface area contributed by atoms with Crippen LogP contribution in [-0.2, 0) is 6.18 Å². The Morgan fingerprint density at radius 3 is 2.72 bits per heavy atom. The van der Waals surface area contributed by atoms with E-state index in [9.17, 15) is 18.0 Å². The average molecular weight is 424 g/mol. The smallest absolute Gasteiger partial charge is 0.420 e. The topological polar surface area (TPSA) is 50.8 Å². The number of amides is 1. The minimum atomic E-state index is -4.67. The van der Waals surface area contributed by atoms with Gasteiger partial charge in [-0.1, -0.05) is 30.2 Å². The molecule has 152 valence electrons. The highest BCUT2D eigenvalue weighted by molar-refractivity contribution is 6.33. The number of alkyl halides is 3. The molecule has 3 aromatic heterocycles. The van der Waals surface area contributed by atoms with Gasteiger partial charge in [-0.25, -0.2) is 4.98 Å². The number of hydrogen-bond acceptors (Lipinski definition) is 3. The molecule has 29 heavy (non-hydrogen) atoms. The van der Waals surface area contributed by atoms with Gasteiger partial charge in [0.1, 0.15) is 5.15 Å². The molecule has 0 bridgehead atoms. The van der Waals surface area contributed by atoms with Crippen molar-refractivity contribution in [2.45, 2.75) is 25.9 Å². The number of rotatable bonds is 3. The van der Waals surface area contributed by atoms with Crippen molar-refractivity contribution >= 4 is 23.2 Å². The van der Waals surface area contributed by atoms with Crippen LogP contribution in [0.4, 0.5) is 13.2 Å². The summed E-state index contributed by atoms with van der Waals surface area (Å²) < 4.78 is 47.2. The van der Waals surface area contributed by atoms with E-state index >= 15 is 0 Å². The molecule has 4 rings (SSSR count). The third kappa shape index (κ3) is 3.53. The summed E-state index contributed by atoms with van der Waals surface area (Å²) in [5.74, 6) is -0.483. The van der Waals surface area contributed by atoms with Gasteiger partial charge in [0, 0.05) is 30.4 Å². The Morgan fingerprint density at radius 1 is 1.34 bits per heavy atom. The monoisotopic (exact) mass is 423 g/mol. The van der Waals surface area contributed by atoms with Crippen molar-refractivity contribution in [1.82, 2.24) is 14.3 Å². The molecule has 0 aliphatic carbocycles. The largest absolute Gasteiger partial charge is 0.472 e. The van der Waals surface area contributed by atoms with Crippen LogP contribution in [0.1, 0.15) is 35.8 Å². The molecule has 1 aliphatic rings. The summed E-state index contributed by atoms with van der Waals surface area (Å²) in [6, 6.07) is 2.53. The highest BCUT2D eigenvalue weighted by Gasteiger charge is 2.36. The molecule has 0 saturated carbocycles. The van der Waals surface area contributed by atoms with Crippen molar-refractivity contribution in [2.75, 3.05) is 13.1 Å². The fourth-order valence-corrected chi connectivity index (χ4v) is 3.67. The number of nitrogens with zero attached hydrogens (tertiary/aromatic N) is 3. The number of fused-ring (bicyclic) bond motifs is 1. The lowest BCUT2D eigenvalue weighted by Crippen LogP contribution is -2.35. The van der Waals surface area contributed by atoms with Gasteiger partial charge in [-0.2, -0.15) is 13.2 Å². The van der Waals surface area contributed by atoms with Crippen LogP contribution in [0.5, 0.6) is 0 Å². The van der Waals surface area contributed by atoms with Gasteiger partial charge in [-0.3, -0.25) is 9.20 Å². The predicted octanol–water partition coefficient (Wildman–Crippen LogP) is 5.45. The Labute approximate surface area is 169 Å². The second kappa shape index (κ2) is 7.26. The Balaban J connectivity index is 1.82. The minimum absolute atomic E-state index is 0.147. The van der Waals surface area contributed by atoms with Crippen molar-refractivity contribution in [1.29, 1.82) is 0 Å². The molecule has 0 spiro atoms. The van der Waals surface area contributed by atoms with E-state index in [0.717, 1.165) is 23.3 Å². The van der Waals surface area contributed by atoms with E-state index in [1.165, 1.54) is 29.2 Å². The number of carbonyl (C=O) groups is 1. The fourth-order valence-electron chi connectivity index (χ4n) is 3.41. The zero-order valence-corrected chi connectivity index (χ0v) is 16.2. The van der Waals surface area contributed by atoms with Crippen LogP contribution in [0, 0.1) is 0 Å². The van der Waals surface area contributed by atoms with Crippen LogP contribution in [0.3, 0.4) is 0 Å². The maximum Gasteiger partial charge on any atom is 0.420 e. The summed E-state index contributed by atoms with van der Waals surface area (Å²) in [6.45, 7) is 2.91. The van der Waals surface area contributed by atoms with E-state index in [1.807, 2.05) is 13.0 Å². The maximum absolute atomic E-state index is 13.7. The van der Waals surface area contributed by atoms with Gasteiger partial charge in [0.2, 0.25) is 0 Å². The minimum Gasteiger partial charge on any atom is -0.472 e. The van der Waals surface area contributed by atoms with Gasteiger partial charge in [0.05, 0.1) is 18.1 Å². The molecule has 4 heterocycles. The van der Waals surface area contributed by atoms with Gasteiger partial charge < -0.3 is 9.32 Å². The van der Waals surface area contributed by atoms with Crippen LogP contribution < -0.4 is 0 Å². The van der Waals surface area contributed by atoms with Gasteiger partial charge in [-0.05, 0) is 25.0 Å². The van der Waals surface area contributed by atoms with Crippen molar-refractivity contribution in [3.8, 4) is 11.1 Å². The fraction of sp³-hybridized carbons (Fsp3) is 0.300. The SMILES string of the molecule is CCC1=CCN(C(=O)c2nc3c(C(F)(F)F)cc(-c4ccoc4)cn3c2Cl)CC1. The van der Waals surface area contributed by atoms with Crippen LogP contribution in [-0.4, -0.2) is 33.3 Å². The highest BCUT2D eigenvalue weighted by atomic mass is 35.5. The summed E-state index contributed by atoms with van der Waals surface area (Å²) in [5, 5.41) is -0.147. The van der Waals surface area contributed by atoms with Crippen molar-refractivity contribution in [2.24, 2.45) is 0 Å². The van der Waals surface area contributed by atoms with E-state index in [2.05, 4.69) is 4.98 Å². The van der Waals surface area contributed by atoms with E-state index in [4.69, 9.17) is 16.0 Å². The second-order valence-corrected chi connectivity index (χ2v) is 7.17. The Hall–Kier alpha value is -2.74. The molecule has 9 heteroatoms. The number of aromatic nitrogens is 2. The first-order valence-corrected chi connectivity index (χ1v) is 9.46. The van der Waals surface area contributed by atoms with Crippen LogP contribution in [0.2, 0.25) is 5.15 Å². The van der Waals surface area contributed by atoms with Crippen LogP contribution in [0.25, 0.3) is 16.8 Å². The van der Waals surface area contributed by atoms with Crippen LogP contribution >= 0.6 is 11.6 Å². The first-order valence-electron chi connectivity index (χ1n) is 9.08. The highest BCUT2D eigenvalue weighted by Crippen LogP contribution is 2.37. The van der Waals surface area contributed by atoms with E-state index < -0.39 is 23.3 Å². The number of carbonyl (C=O) groups excluding carboxylic acids is 1. The van der Waals surface area contributed by atoms with Gasteiger partial charge in [-0.15, -0.1) is 0 Å². The number of furan rings is 1. The zero-order chi connectivity index (χ0) is 20.8. The summed E-state index contributed by atoms with van der Waals surface area (Å²) in [7, 11) is 0. The summed E-state index contributed by atoms with van der Waals surface area (Å²) in [4.78, 5) is 18.4. The third-order valence-electron chi connectivity index (χ3n) is 5.07.